The summed E-state index contributed by atoms with van der Waals surface area (Å²) in [5.74, 6) is -0.778. The predicted octanol–water partition coefficient (Wildman–Crippen LogP) is 7.07. The van der Waals surface area contributed by atoms with E-state index in [-0.39, 0.29) is 12.2 Å². The molecule has 0 spiro atoms. The van der Waals surface area contributed by atoms with Gasteiger partial charge in [0.15, 0.2) is 0 Å². The Morgan fingerprint density at radius 1 is 0.929 bits per heavy atom. The Balaban J connectivity index is 1.71. The van der Waals surface area contributed by atoms with Crippen LogP contribution >= 0.6 is 11.6 Å². The number of hydrazone groups is 1. The van der Waals surface area contributed by atoms with E-state index in [1.54, 1.807) is 18.2 Å². The number of benzene rings is 3. The fraction of sp³-hybridized carbons (Fsp3) is 0.276. The van der Waals surface area contributed by atoms with E-state index in [1.807, 2.05) is 19.1 Å². The second kappa shape index (κ2) is 11.3. The van der Waals surface area contributed by atoms with Crippen LogP contribution in [0.15, 0.2) is 77.9 Å². The highest BCUT2D eigenvalue weighted by molar-refractivity contribution is 6.32. The second-order valence-corrected chi connectivity index (χ2v) is 10.5. The molecule has 0 saturated carbocycles. The lowest BCUT2D eigenvalue weighted by atomic mass is 9.76. The zero-order chi connectivity index (χ0) is 31.0. The average Bonchev–Trinajstić information content (AvgIpc) is 3.25. The van der Waals surface area contributed by atoms with Gasteiger partial charge in [-0.05, 0) is 48.9 Å². The van der Waals surface area contributed by atoms with Crippen LogP contribution in [-0.2, 0) is 22.6 Å². The molecule has 3 aromatic rings. The molecule has 1 heterocycles. The minimum Gasteiger partial charge on any atom is -0.330 e. The van der Waals surface area contributed by atoms with Gasteiger partial charge in [-0.25, -0.2) is 9.69 Å². The van der Waals surface area contributed by atoms with E-state index < -0.39 is 52.4 Å². The van der Waals surface area contributed by atoms with E-state index in [0.717, 1.165) is 45.7 Å². The number of carbonyl (C=O) groups is 2. The molecule has 0 aromatic heterocycles. The van der Waals surface area contributed by atoms with E-state index in [2.05, 4.69) is 5.10 Å². The van der Waals surface area contributed by atoms with Gasteiger partial charge in [-0.1, -0.05) is 48.0 Å². The molecule has 0 saturated heterocycles. The summed E-state index contributed by atoms with van der Waals surface area (Å²) >= 11 is 6.00. The van der Waals surface area contributed by atoms with Crippen LogP contribution in [0.4, 0.5) is 36.8 Å². The molecule has 4 rings (SSSR count). The topological polar surface area (TPSA) is 56.2 Å². The first-order valence-corrected chi connectivity index (χ1v) is 12.9. The maximum atomic E-state index is 13.5. The number of nitrogens with zero attached hydrogens (tertiary/aromatic N) is 4. The zero-order valence-corrected chi connectivity index (χ0v) is 23.3. The summed E-state index contributed by atoms with van der Waals surface area (Å²) in [6.45, 7) is 1.46. The monoisotopic (exact) mass is 610 g/mol. The summed E-state index contributed by atoms with van der Waals surface area (Å²) in [7, 11) is 2.78. The third kappa shape index (κ3) is 6.23. The summed E-state index contributed by atoms with van der Waals surface area (Å²) in [6.07, 6.45) is -9.27. The fourth-order valence-electron chi connectivity index (χ4n) is 4.71. The van der Waals surface area contributed by atoms with Crippen molar-refractivity contribution >= 4 is 34.9 Å². The Hall–Kier alpha value is -4.06. The standard InChI is InChI=1S/C29H25ClF6N4O2/c1-27(19-7-5-4-6-8-19)17-39(37-25(27)18-9-14-22(23(30)15-18)29(34,35)36)16-24(41)40(26(42)38(2)3)21-12-10-20(11-13-21)28(31,32)33/h4-15H,16-17H2,1-3H3. The summed E-state index contributed by atoms with van der Waals surface area (Å²) < 4.78 is 79.3. The maximum absolute atomic E-state index is 13.5. The van der Waals surface area contributed by atoms with Crippen molar-refractivity contribution in [3.63, 3.8) is 0 Å². The average molecular weight is 611 g/mol. The quantitative estimate of drug-likeness (QED) is 0.291. The van der Waals surface area contributed by atoms with Gasteiger partial charge in [-0.3, -0.25) is 9.80 Å². The molecule has 1 aliphatic rings. The number of amides is 3. The SMILES string of the molecule is CN(C)C(=O)N(C(=O)CN1CC(C)(c2ccccc2)C(c2ccc(C(F)(F)F)c(Cl)c2)=N1)c1ccc(C(F)(F)F)cc1. The predicted molar refractivity (Wildman–Crippen MR) is 146 cm³/mol. The number of rotatable bonds is 5. The number of alkyl halides is 6. The molecule has 0 bridgehead atoms. The van der Waals surface area contributed by atoms with Crippen LogP contribution in [0.2, 0.25) is 5.02 Å². The highest BCUT2D eigenvalue weighted by Gasteiger charge is 2.43. The van der Waals surface area contributed by atoms with Crippen LogP contribution in [0.5, 0.6) is 0 Å². The molecular weight excluding hydrogens is 586 g/mol. The zero-order valence-electron chi connectivity index (χ0n) is 22.6. The molecule has 0 fully saturated rings. The second-order valence-electron chi connectivity index (χ2n) is 10.1. The van der Waals surface area contributed by atoms with Gasteiger partial charge in [-0.15, -0.1) is 0 Å². The highest BCUT2D eigenvalue weighted by Crippen LogP contribution is 2.39. The molecule has 13 heteroatoms. The molecule has 42 heavy (non-hydrogen) atoms. The van der Waals surface area contributed by atoms with Gasteiger partial charge in [0.25, 0.3) is 5.91 Å². The number of hydrogen-bond donors (Lipinski definition) is 0. The van der Waals surface area contributed by atoms with Crippen molar-refractivity contribution in [1.29, 1.82) is 0 Å². The number of anilines is 1. The fourth-order valence-corrected chi connectivity index (χ4v) is 5.00. The number of carbonyl (C=O) groups excluding carboxylic acids is 2. The molecule has 222 valence electrons. The maximum Gasteiger partial charge on any atom is 0.417 e. The Kier molecular flexibility index (Phi) is 8.32. The van der Waals surface area contributed by atoms with Gasteiger partial charge >= 0.3 is 18.4 Å². The Bertz CT molecular complexity index is 1510. The van der Waals surface area contributed by atoms with Crippen LogP contribution in [0, 0.1) is 0 Å². The van der Waals surface area contributed by atoms with Crippen molar-refractivity contribution in [2.75, 3.05) is 32.1 Å². The molecule has 1 unspecified atom stereocenters. The lowest BCUT2D eigenvalue weighted by molar-refractivity contribution is -0.138. The van der Waals surface area contributed by atoms with Crippen LogP contribution in [0.3, 0.4) is 0 Å². The molecule has 0 radical (unpaired) electrons. The molecule has 1 aliphatic heterocycles. The molecular formula is C29H25ClF6N4O2. The minimum atomic E-state index is -4.66. The Morgan fingerprint density at radius 3 is 2.07 bits per heavy atom. The van der Waals surface area contributed by atoms with E-state index in [1.165, 1.54) is 31.2 Å². The van der Waals surface area contributed by atoms with Crippen LogP contribution in [-0.4, -0.2) is 54.7 Å². The third-order valence-corrected chi connectivity index (χ3v) is 7.13. The Labute approximate surface area is 242 Å². The van der Waals surface area contributed by atoms with E-state index in [9.17, 15) is 35.9 Å². The van der Waals surface area contributed by atoms with Crippen molar-refractivity contribution < 1.29 is 35.9 Å². The molecule has 0 aliphatic carbocycles. The van der Waals surface area contributed by atoms with Crippen molar-refractivity contribution in [3.8, 4) is 0 Å². The minimum absolute atomic E-state index is 0.0737. The van der Waals surface area contributed by atoms with Gasteiger partial charge in [0.1, 0.15) is 6.54 Å². The van der Waals surface area contributed by atoms with Crippen LogP contribution in [0.1, 0.15) is 29.2 Å². The van der Waals surface area contributed by atoms with E-state index in [0.29, 0.717) is 11.3 Å². The normalized spacial score (nSPS) is 17.2. The summed E-state index contributed by atoms with van der Waals surface area (Å²) in [6, 6.07) is 15.1. The first kappa shape index (κ1) is 30.9. The van der Waals surface area contributed by atoms with Crippen LogP contribution < -0.4 is 4.90 Å². The van der Waals surface area contributed by atoms with Gasteiger partial charge in [-0.2, -0.15) is 31.4 Å². The smallest absolute Gasteiger partial charge is 0.330 e. The van der Waals surface area contributed by atoms with Crippen molar-refractivity contribution in [3.05, 3.63) is 100 Å². The summed E-state index contributed by atoms with van der Waals surface area (Å²) in [5, 5.41) is 5.43. The summed E-state index contributed by atoms with van der Waals surface area (Å²) in [4.78, 5) is 28.4. The van der Waals surface area contributed by atoms with Gasteiger partial charge in [0.05, 0.1) is 39.5 Å². The molecule has 3 aromatic carbocycles. The number of hydrogen-bond acceptors (Lipinski definition) is 4. The first-order chi connectivity index (χ1) is 19.5. The van der Waals surface area contributed by atoms with Crippen LogP contribution in [0.25, 0.3) is 0 Å². The van der Waals surface area contributed by atoms with E-state index in [4.69, 9.17) is 11.6 Å². The molecule has 6 nitrogen and oxygen atoms in total. The third-order valence-electron chi connectivity index (χ3n) is 6.82. The van der Waals surface area contributed by atoms with Crippen molar-refractivity contribution in [1.82, 2.24) is 9.91 Å². The van der Waals surface area contributed by atoms with E-state index >= 15 is 0 Å². The largest absolute Gasteiger partial charge is 0.417 e. The lowest BCUT2D eigenvalue weighted by Gasteiger charge is -2.29. The van der Waals surface area contributed by atoms with Crippen molar-refractivity contribution in [2.24, 2.45) is 5.10 Å². The number of urea groups is 1. The Morgan fingerprint density at radius 2 is 1.55 bits per heavy atom. The van der Waals surface area contributed by atoms with Gasteiger partial charge in [0.2, 0.25) is 0 Å². The number of halogens is 7. The number of imide groups is 1. The molecule has 1 atom stereocenters. The summed E-state index contributed by atoms with van der Waals surface area (Å²) in [5.41, 5.74) is -1.52. The molecule has 3 amide bonds. The highest BCUT2D eigenvalue weighted by atomic mass is 35.5. The lowest BCUT2D eigenvalue weighted by Crippen LogP contribution is -2.47. The van der Waals surface area contributed by atoms with Crippen molar-refractivity contribution in [2.45, 2.75) is 24.7 Å². The molecule has 0 N–H and O–H groups in total. The first-order valence-electron chi connectivity index (χ1n) is 12.5. The van der Waals surface area contributed by atoms with Gasteiger partial charge in [0, 0.05) is 19.7 Å². The van der Waals surface area contributed by atoms with Gasteiger partial charge < -0.3 is 4.90 Å².